The van der Waals surface area contributed by atoms with Gasteiger partial charge in [0.05, 0.1) is 5.56 Å². The van der Waals surface area contributed by atoms with Crippen LogP contribution in [-0.2, 0) is 0 Å². The summed E-state index contributed by atoms with van der Waals surface area (Å²) in [5.41, 5.74) is 9.90. The van der Waals surface area contributed by atoms with E-state index in [1.165, 1.54) is 0 Å². The molecule has 2 rings (SSSR count). The summed E-state index contributed by atoms with van der Waals surface area (Å²) < 4.78 is 0. The summed E-state index contributed by atoms with van der Waals surface area (Å²) in [6.45, 7) is 6.10. The Kier molecular flexibility index (Phi) is 4.08. The van der Waals surface area contributed by atoms with Crippen molar-refractivity contribution >= 4 is 17.3 Å². The summed E-state index contributed by atoms with van der Waals surface area (Å²) in [5, 5.41) is 2.96. The number of hydrogen-bond donors (Lipinski definition) is 2. The van der Waals surface area contributed by atoms with Gasteiger partial charge in [0.25, 0.3) is 5.91 Å². The van der Waals surface area contributed by atoms with Crippen LogP contribution in [0.5, 0.6) is 0 Å². The van der Waals surface area contributed by atoms with Crippen molar-refractivity contribution in [2.45, 2.75) is 26.7 Å². The first kappa shape index (κ1) is 14.1. The van der Waals surface area contributed by atoms with Gasteiger partial charge in [0.2, 0.25) is 0 Å². The molecule has 3 N–H and O–H groups in total. The number of para-hydroxylation sites is 2. The van der Waals surface area contributed by atoms with Crippen molar-refractivity contribution in [2.75, 3.05) is 11.1 Å². The van der Waals surface area contributed by atoms with E-state index in [0.29, 0.717) is 17.2 Å². The smallest absolute Gasteiger partial charge is 0.257 e. The number of carbonyl (C=O) groups is 1. The predicted octanol–water partition coefficient (Wildman–Crippen LogP) is 3.95. The molecule has 0 heterocycles. The van der Waals surface area contributed by atoms with E-state index in [4.69, 9.17) is 5.73 Å². The molecule has 0 fully saturated rings. The number of carbonyl (C=O) groups excluding carboxylic acids is 1. The Labute approximate surface area is 119 Å². The van der Waals surface area contributed by atoms with E-state index < -0.39 is 0 Å². The predicted molar refractivity (Wildman–Crippen MR) is 84.1 cm³/mol. The second kappa shape index (κ2) is 5.78. The van der Waals surface area contributed by atoms with E-state index in [1.54, 1.807) is 6.07 Å². The number of nitrogen functional groups attached to an aromatic ring is 1. The van der Waals surface area contributed by atoms with E-state index in [2.05, 4.69) is 19.2 Å². The van der Waals surface area contributed by atoms with Gasteiger partial charge in [0, 0.05) is 11.4 Å². The van der Waals surface area contributed by atoms with Crippen molar-refractivity contribution in [3.05, 3.63) is 59.2 Å². The second-order valence-corrected chi connectivity index (χ2v) is 5.23. The number of nitrogens with one attached hydrogen (secondary N) is 1. The molecule has 0 bridgehead atoms. The highest BCUT2D eigenvalue weighted by Gasteiger charge is 2.13. The van der Waals surface area contributed by atoms with E-state index >= 15 is 0 Å². The lowest BCUT2D eigenvalue weighted by atomic mass is 10.0. The molecule has 0 saturated carbocycles. The Morgan fingerprint density at radius 3 is 2.50 bits per heavy atom. The molecule has 104 valence electrons. The van der Waals surface area contributed by atoms with Crippen molar-refractivity contribution in [1.82, 2.24) is 0 Å². The Morgan fingerprint density at radius 2 is 1.80 bits per heavy atom. The van der Waals surface area contributed by atoms with Gasteiger partial charge in [-0.15, -0.1) is 0 Å². The number of benzene rings is 2. The maximum absolute atomic E-state index is 12.4. The third kappa shape index (κ3) is 2.82. The number of hydrogen-bond acceptors (Lipinski definition) is 2. The summed E-state index contributed by atoms with van der Waals surface area (Å²) in [4.78, 5) is 12.4. The van der Waals surface area contributed by atoms with Crippen LogP contribution in [0.1, 0.15) is 41.3 Å². The minimum absolute atomic E-state index is 0.167. The molecule has 2 aromatic carbocycles. The molecule has 0 aliphatic carbocycles. The Balaban J connectivity index is 2.31. The minimum Gasteiger partial charge on any atom is -0.398 e. The van der Waals surface area contributed by atoms with Gasteiger partial charge in [-0.05, 0) is 36.1 Å². The lowest BCUT2D eigenvalue weighted by Crippen LogP contribution is -2.16. The number of aryl methyl sites for hydroxylation is 1. The number of nitrogens with two attached hydrogens (primary N) is 1. The van der Waals surface area contributed by atoms with E-state index in [1.807, 2.05) is 43.3 Å². The molecule has 0 saturated heterocycles. The van der Waals surface area contributed by atoms with Crippen LogP contribution in [0, 0.1) is 6.92 Å². The fourth-order valence-corrected chi connectivity index (χ4v) is 2.18. The van der Waals surface area contributed by atoms with Gasteiger partial charge >= 0.3 is 0 Å². The molecule has 0 atom stereocenters. The number of amides is 1. The van der Waals surface area contributed by atoms with Crippen LogP contribution in [0.15, 0.2) is 42.5 Å². The maximum atomic E-state index is 12.4. The van der Waals surface area contributed by atoms with Crippen LogP contribution >= 0.6 is 0 Å². The molecule has 3 nitrogen and oxygen atoms in total. The van der Waals surface area contributed by atoms with Gasteiger partial charge in [-0.3, -0.25) is 4.79 Å². The normalized spacial score (nSPS) is 10.6. The van der Waals surface area contributed by atoms with Crippen LogP contribution in [0.25, 0.3) is 0 Å². The summed E-state index contributed by atoms with van der Waals surface area (Å²) in [7, 11) is 0. The van der Waals surface area contributed by atoms with Crippen LogP contribution in [0.4, 0.5) is 11.4 Å². The fourth-order valence-electron chi connectivity index (χ4n) is 2.18. The van der Waals surface area contributed by atoms with Crippen molar-refractivity contribution in [2.24, 2.45) is 0 Å². The summed E-state index contributed by atoms with van der Waals surface area (Å²) >= 11 is 0. The molecular weight excluding hydrogens is 248 g/mol. The number of anilines is 2. The third-order valence-corrected chi connectivity index (χ3v) is 3.40. The maximum Gasteiger partial charge on any atom is 0.257 e. The lowest BCUT2D eigenvalue weighted by Gasteiger charge is -2.14. The SMILES string of the molecule is Cc1cccc(C(=O)Nc2ccccc2C(C)C)c1N. The molecule has 0 aliphatic rings. The van der Waals surface area contributed by atoms with Gasteiger partial charge in [0.15, 0.2) is 0 Å². The zero-order valence-corrected chi connectivity index (χ0v) is 12.1. The second-order valence-electron chi connectivity index (χ2n) is 5.23. The van der Waals surface area contributed by atoms with E-state index in [0.717, 1.165) is 16.8 Å². The highest BCUT2D eigenvalue weighted by atomic mass is 16.1. The van der Waals surface area contributed by atoms with Gasteiger partial charge in [-0.25, -0.2) is 0 Å². The van der Waals surface area contributed by atoms with Crippen molar-refractivity contribution in [3.63, 3.8) is 0 Å². The van der Waals surface area contributed by atoms with Crippen LogP contribution < -0.4 is 11.1 Å². The first-order valence-corrected chi connectivity index (χ1v) is 6.76. The van der Waals surface area contributed by atoms with Crippen molar-refractivity contribution in [3.8, 4) is 0 Å². The lowest BCUT2D eigenvalue weighted by molar-refractivity contribution is 0.102. The third-order valence-electron chi connectivity index (χ3n) is 3.40. The topological polar surface area (TPSA) is 55.1 Å². The van der Waals surface area contributed by atoms with E-state index in [-0.39, 0.29) is 5.91 Å². The molecule has 20 heavy (non-hydrogen) atoms. The fraction of sp³-hybridized carbons (Fsp3) is 0.235. The molecule has 0 aliphatic heterocycles. The highest BCUT2D eigenvalue weighted by molar-refractivity contribution is 6.08. The van der Waals surface area contributed by atoms with E-state index in [9.17, 15) is 4.79 Å². The summed E-state index contributed by atoms with van der Waals surface area (Å²) in [6.07, 6.45) is 0. The average Bonchev–Trinajstić information content (AvgIpc) is 2.42. The van der Waals surface area contributed by atoms with Crippen LogP contribution in [-0.4, -0.2) is 5.91 Å². The van der Waals surface area contributed by atoms with Gasteiger partial charge < -0.3 is 11.1 Å². The zero-order valence-electron chi connectivity index (χ0n) is 12.1. The quantitative estimate of drug-likeness (QED) is 0.828. The number of rotatable bonds is 3. The standard InChI is InChI=1S/C17H20N2O/c1-11(2)13-8-4-5-10-15(13)19-17(20)14-9-6-7-12(3)16(14)18/h4-11H,18H2,1-3H3,(H,19,20). The minimum atomic E-state index is -0.167. The van der Waals surface area contributed by atoms with Gasteiger partial charge in [-0.1, -0.05) is 44.2 Å². The first-order valence-electron chi connectivity index (χ1n) is 6.76. The van der Waals surface area contributed by atoms with Gasteiger partial charge in [-0.2, -0.15) is 0 Å². The zero-order chi connectivity index (χ0) is 14.7. The largest absolute Gasteiger partial charge is 0.398 e. The Bertz CT molecular complexity index is 633. The average molecular weight is 268 g/mol. The molecule has 2 aromatic rings. The molecule has 0 aromatic heterocycles. The van der Waals surface area contributed by atoms with Crippen LogP contribution in [0.3, 0.4) is 0 Å². The summed E-state index contributed by atoms with van der Waals surface area (Å²) in [6, 6.07) is 13.3. The monoisotopic (exact) mass is 268 g/mol. The Morgan fingerprint density at radius 1 is 1.10 bits per heavy atom. The molecule has 0 radical (unpaired) electrons. The molecule has 3 heteroatoms. The first-order chi connectivity index (χ1) is 9.50. The van der Waals surface area contributed by atoms with Crippen molar-refractivity contribution < 1.29 is 4.79 Å². The molecule has 1 amide bonds. The van der Waals surface area contributed by atoms with Gasteiger partial charge in [0.1, 0.15) is 0 Å². The van der Waals surface area contributed by atoms with Crippen molar-refractivity contribution in [1.29, 1.82) is 0 Å². The summed E-state index contributed by atoms with van der Waals surface area (Å²) in [5.74, 6) is 0.181. The molecular formula is C17H20N2O. The molecule has 0 spiro atoms. The highest BCUT2D eigenvalue weighted by Crippen LogP contribution is 2.25. The Hall–Kier alpha value is -2.29. The van der Waals surface area contributed by atoms with Crippen LogP contribution in [0.2, 0.25) is 0 Å². The molecule has 0 unspecified atom stereocenters.